The van der Waals surface area contributed by atoms with Gasteiger partial charge in [0.2, 0.25) is 0 Å². The molecule has 0 aliphatic carbocycles. The Labute approximate surface area is 158 Å². The van der Waals surface area contributed by atoms with E-state index in [1.165, 1.54) is 33.3 Å². The summed E-state index contributed by atoms with van der Waals surface area (Å²) in [5.41, 5.74) is 5.48. The van der Waals surface area contributed by atoms with Gasteiger partial charge < -0.3 is 4.90 Å². The average molecular weight is 346 g/mol. The maximum absolute atomic E-state index is 2.37. The highest BCUT2D eigenvalue weighted by Crippen LogP contribution is 2.35. The minimum atomic E-state index is 0.125. The zero-order valence-electron chi connectivity index (χ0n) is 17.2. The van der Waals surface area contributed by atoms with Crippen molar-refractivity contribution in [2.45, 2.75) is 52.4 Å². The molecule has 3 rings (SSSR count). The van der Waals surface area contributed by atoms with E-state index in [-0.39, 0.29) is 10.8 Å². The Bertz CT molecular complexity index is 891. The first-order chi connectivity index (χ1) is 12.1. The molecule has 0 aromatic heterocycles. The van der Waals surface area contributed by atoms with Crippen molar-refractivity contribution in [2.24, 2.45) is 0 Å². The highest BCUT2D eigenvalue weighted by Gasteiger charge is 2.21. The smallest absolute Gasteiger partial charge is 0.0414 e. The third-order valence-electron chi connectivity index (χ3n) is 5.16. The summed E-state index contributed by atoms with van der Waals surface area (Å²) in [7, 11) is 2.16. The summed E-state index contributed by atoms with van der Waals surface area (Å²) in [4.78, 5) is 2.30. The van der Waals surface area contributed by atoms with Crippen molar-refractivity contribution in [1.29, 1.82) is 0 Å². The van der Waals surface area contributed by atoms with Crippen molar-refractivity contribution in [3.63, 3.8) is 0 Å². The molecule has 0 heterocycles. The van der Waals surface area contributed by atoms with Gasteiger partial charge in [0.1, 0.15) is 0 Å². The molecule has 0 saturated heterocycles. The molecule has 0 aliphatic heterocycles. The first-order valence-corrected chi connectivity index (χ1v) is 9.44. The predicted molar refractivity (Wildman–Crippen MR) is 116 cm³/mol. The quantitative estimate of drug-likeness (QED) is 0.474. The van der Waals surface area contributed by atoms with Gasteiger partial charge in [0, 0.05) is 18.4 Å². The second-order valence-corrected chi connectivity index (χ2v) is 9.36. The first kappa shape index (κ1) is 18.5. The van der Waals surface area contributed by atoms with Gasteiger partial charge in [0.05, 0.1) is 0 Å². The molecule has 3 aromatic carbocycles. The van der Waals surface area contributed by atoms with Crippen LogP contribution in [0.25, 0.3) is 10.8 Å². The Morgan fingerprint density at radius 1 is 0.577 bits per heavy atom. The Kier molecular flexibility index (Phi) is 4.60. The Morgan fingerprint density at radius 2 is 1.12 bits per heavy atom. The molecule has 0 saturated carbocycles. The van der Waals surface area contributed by atoms with Crippen LogP contribution in [0.1, 0.15) is 52.7 Å². The van der Waals surface area contributed by atoms with Gasteiger partial charge in [-0.1, -0.05) is 77.9 Å². The van der Waals surface area contributed by atoms with Gasteiger partial charge in [0.15, 0.2) is 0 Å². The number of anilines is 2. The minimum absolute atomic E-state index is 0.125. The monoisotopic (exact) mass is 345 g/mol. The van der Waals surface area contributed by atoms with Gasteiger partial charge in [-0.2, -0.15) is 0 Å². The van der Waals surface area contributed by atoms with Gasteiger partial charge in [-0.05, 0) is 57.0 Å². The van der Waals surface area contributed by atoms with E-state index in [2.05, 4.69) is 114 Å². The minimum Gasteiger partial charge on any atom is -0.345 e. The average Bonchev–Trinajstić information content (AvgIpc) is 2.58. The molecule has 0 fully saturated rings. The lowest BCUT2D eigenvalue weighted by molar-refractivity contribution is 0.568. The SMILES string of the molecule is CN(c1cc(C(C)(C)C)cc(C(C)(C)C)c1)c1ccc2ccccc2c1. The highest BCUT2D eigenvalue weighted by atomic mass is 15.1. The number of rotatable bonds is 2. The fraction of sp³-hybridized carbons (Fsp3) is 0.360. The van der Waals surface area contributed by atoms with Crippen LogP contribution in [-0.2, 0) is 10.8 Å². The van der Waals surface area contributed by atoms with Crippen LogP contribution in [0.2, 0.25) is 0 Å². The Balaban J connectivity index is 2.11. The molecule has 26 heavy (non-hydrogen) atoms. The molecule has 0 bridgehead atoms. The molecule has 3 aromatic rings. The second-order valence-electron chi connectivity index (χ2n) is 9.36. The van der Waals surface area contributed by atoms with Crippen LogP contribution in [0.3, 0.4) is 0 Å². The molecule has 1 nitrogen and oxygen atoms in total. The van der Waals surface area contributed by atoms with Crippen molar-refractivity contribution in [2.75, 3.05) is 11.9 Å². The van der Waals surface area contributed by atoms with E-state index in [4.69, 9.17) is 0 Å². The van der Waals surface area contributed by atoms with Crippen LogP contribution in [-0.4, -0.2) is 7.05 Å². The molecule has 0 amide bonds. The summed E-state index contributed by atoms with van der Waals surface area (Å²) >= 11 is 0. The van der Waals surface area contributed by atoms with E-state index < -0.39 is 0 Å². The highest BCUT2D eigenvalue weighted by molar-refractivity contribution is 5.86. The van der Waals surface area contributed by atoms with Crippen molar-refractivity contribution in [3.05, 3.63) is 71.8 Å². The van der Waals surface area contributed by atoms with Crippen LogP contribution in [0.4, 0.5) is 11.4 Å². The number of benzene rings is 3. The standard InChI is InChI=1S/C25H31N/c1-24(2,3)20-15-21(25(4,5)6)17-23(16-20)26(7)22-13-12-18-10-8-9-11-19(18)14-22/h8-17H,1-7H3. The van der Waals surface area contributed by atoms with Crippen molar-refractivity contribution in [1.82, 2.24) is 0 Å². The van der Waals surface area contributed by atoms with Gasteiger partial charge in [-0.25, -0.2) is 0 Å². The summed E-state index contributed by atoms with van der Waals surface area (Å²) in [6.07, 6.45) is 0. The predicted octanol–water partition coefficient (Wildman–Crippen LogP) is 7.20. The van der Waals surface area contributed by atoms with Gasteiger partial charge in [-0.15, -0.1) is 0 Å². The third kappa shape index (κ3) is 3.77. The molecular weight excluding hydrogens is 314 g/mol. The normalized spacial score (nSPS) is 12.4. The number of fused-ring (bicyclic) bond motifs is 1. The maximum Gasteiger partial charge on any atom is 0.0414 e. The zero-order valence-corrected chi connectivity index (χ0v) is 17.2. The summed E-state index contributed by atoms with van der Waals surface area (Å²) in [5, 5.41) is 2.56. The first-order valence-electron chi connectivity index (χ1n) is 9.44. The lowest BCUT2D eigenvalue weighted by Crippen LogP contribution is -2.19. The molecule has 0 N–H and O–H groups in total. The zero-order chi connectivity index (χ0) is 19.1. The fourth-order valence-electron chi connectivity index (χ4n) is 3.21. The summed E-state index contributed by atoms with van der Waals surface area (Å²) in [6, 6.07) is 22.3. The van der Waals surface area contributed by atoms with E-state index in [0.29, 0.717) is 0 Å². The molecule has 1 heteroatoms. The van der Waals surface area contributed by atoms with Crippen molar-refractivity contribution < 1.29 is 0 Å². The van der Waals surface area contributed by atoms with Gasteiger partial charge >= 0.3 is 0 Å². The van der Waals surface area contributed by atoms with E-state index >= 15 is 0 Å². The van der Waals surface area contributed by atoms with E-state index in [9.17, 15) is 0 Å². The molecule has 0 aliphatic rings. The van der Waals surface area contributed by atoms with Crippen LogP contribution < -0.4 is 4.90 Å². The van der Waals surface area contributed by atoms with Crippen LogP contribution in [0.15, 0.2) is 60.7 Å². The molecule has 0 atom stereocenters. The van der Waals surface area contributed by atoms with Crippen molar-refractivity contribution >= 4 is 22.1 Å². The maximum atomic E-state index is 2.37. The number of hydrogen-bond acceptors (Lipinski definition) is 1. The molecule has 0 unspecified atom stereocenters. The molecule has 0 spiro atoms. The number of nitrogens with zero attached hydrogens (tertiary/aromatic N) is 1. The summed E-state index contributed by atoms with van der Waals surface area (Å²) in [6.45, 7) is 13.7. The Morgan fingerprint density at radius 3 is 1.65 bits per heavy atom. The topological polar surface area (TPSA) is 3.24 Å². The van der Waals surface area contributed by atoms with E-state index in [1.807, 2.05) is 0 Å². The molecular formula is C25H31N. The van der Waals surface area contributed by atoms with E-state index in [1.54, 1.807) is 0 Å². The van der Waals surface area contributed by atoms with Crippen LogP contribution in [0, 0.1) is 0 Å². The molecule has 136 valence electrons. The summed E-state index contributed by atoms with van der Waals surface area (Å²) < 4.78 is 0. The third-order valence-corrected chi connectivity index (χ3v) is 5.16. The largest absolute Gasteiger partial charge is 0.345 e. The lowest BCUT2D eigenvalue weighted by Gasteiger charge is -2.29. The van der Waals surface area contributed by atoms with Crippen LogP contribution >= 0.6 is 0 Å². The fourth-order valence-corrected chi connectivity index (χ4v) is 3.21. The summed E-state index contributed by atoms with van der Waals surface area (Å²) in [5.74, 6) is 0. The second kappa shape index (κ2) is 6.46. The van der Waals surface area contributed by atoms with Gasteiger partial charge in [-0.3, -0.25) is 0 Å². The van der Waals surface area contributed by atoms with E-state index in [0.717, 1.165) is 0 Å². The Hall–Kier alpha value is -2.28. The van der Waals surface area contributed by atoms with Gasteiger partial charge in [0.25, 0.3) is 0 Å². The van der Waals surface area contributed by atoms with Crippen molar-refractivity contribution in [3.8, 4) is 0 Å². The molecule has 0 radical (unpaired) electrons. The lowest BCUT2D eigenvalue weighted by atomic mass is 9.80. The number of hydrogen-bond donors (Lipinski definition) is 0. The van der Waals surface area contributed by atoms with Crippen LogP contribution in [0.5, 0.6) is 0 Å².